The van der Waals surface area contributed by atoms with Crippen molar-refractivity contribution in [2.45, 2.75) is 29.5 Å². The number of carbonyl (C=O) groups is 1. The van der Waals surface area contributed by atoms with Crippen LogP contribution in [0.1, 0.15) is 19.3 Å². The summed E-state index contributed by atoms with van der Waals surface area (Å²) in [5.74, 6) is 0.112. The monoisotopic (exact) mass is 349 g/mol. The molecule has 2 aromatic carbocycles. The first-order valence-corrected chi connectivity index (χ1v) is 9.46. The molecule has 1 atom stereocenters. The zero-order valence-corrected chi connectivity index (χ0v) is 14.6. The van der Waals surface area contributed by atoms with Gasteiger partial charge in [-0.1, -0.05) is 72.8 Å². The SMILES string of the molecule is O=C1NCCCC[C@H]1Sc1nnc(-c2ccccc2)c2ccccc12. The molecule has 0 unspecified atom stereocenters. The topological polar surface area (TPSA) is 54.9 Å². The highest BCUT2D eigenvalue weighted by atomic mass is 32.2. The first-order chi connectivity index (χ1) is 12.3. The van der Waals surface area contributed by atoms with Crippen LogP contribution in [-0.2, 0) is 4.79 Å². The summed E-state index contributed by atoms with van der Waals surface area (Å²) in [5.41, 5.74) is 1.93. The molecule has 126 valence electrons. The van der Waals surface area contributed by atoms with E-state index in [0.29, 0.717) is 0 Å². The summed E-state index contributed by atoms with van der Waals surface area (Å²) >= 11 is 1.53. The Labute approximate surface area is 151 Å². The molecule has 1 aromatic heterocycles. The summed E-state index contributed by atoms with van der Waals surface area (Å²) in [4.78, 5) is 12.3. The number of hydrogen-bond acceptors (Lipinski definition) is 4. The summed E-state index contributed by atoms with van der Waals surface area (Å²) in [6, 6.07) is 18.3. The molecule has 4 rings (SSSR count). The van der Waals surface area contributed by atoms with Gasteiger partial charge in [-0.3, -0.25) is 4.79 Å². The Hall–Kier alpha value is -2.40. The predicted molar refractivity (Wildman–Crippen MR) is 101 cm³/mol. The van der Waals surface area contributed by atoms with E-state index >= 15 is 0 Å². The molecular formula is C20H19N3OS. The molecule has 1 aliphatic heterocycles. The fraction of sp³-hybridized carbons (Fsp3) is 0.250. The van der Waals surface area contributed by atoms with Crippen molar-refractivity contribution >= 4 is 28.4 Å². The summed E-state index contributed by atoms with van der Waals surface area (Å²) in [6.45, 7) is 0.773. The normalized spacial score (nSPS) is 17.9. The van der Waals surface area contributed by atoms with Gasteiger partial charge in [0, 0.05) is 22.9 Å². The third-order valence-corrected chi connectivity index (χ3v) is 5.70. The van der Waals surface area contributed by atoms with Crippen molar-refractivity contribution in [1.29, 1.82) is 0 Å². The highest BCUT2D eigenvalue weighted by Gasteiger charge is 2.24. The van der Waals surface area contributed by atoms with E-state index in [2.05, 4.69) is 27.6 Å². The van der Waals surface area contributed by atoms with Crippen LogP contribution in [0.25, 0.3) is 22.0 Å². The molecule has 1 amide bonds. The number of nitrogens with zero attached hydrogens (tertiary/aromatic N) is 2. The smallest absolute Gasteiger partial charge is 0.233 e. The van der Waals surface area contributed by atoms with Crippen LogP contribution in [0.2, 0.25) is 0 Å². The van der Waals surface area contributed by atoms with Crippen LogP contribution in [0.4, 0.5) is 0 Å². The Balaban J connectivity index is 1.75. The average Bonchev–Trinajstić information content (AvgIpc) is 2.87. The second-order valence-corrected chi connectivity index (χ2v) is 7.35. The predicted octanol–water partition coefficient (Wildman–Crippen LogP) is 4.06. The van der Waals surface area contributed by atoms with Crippen molar-refractivity contribution in [2.24, 2.45) is 0 Å². The first-order valence-electron chi connectivity index (χ1n) is 8.58. The number of carbonyl (C=O) groups excluding carboxylic acids is 1. The van der Waals surface area contributed by atoms with Gasteiger partial charge in [-0.05, 0) is 12.8 Å². The Morgan fingerprint density at radius 2 is 1.68 bits per heavy atom. The van der Waals surface area contributed by atoms with E-state index in [1.807, 2.05) is 42.5 Å². The molecule has 1 saturated heterocycles. The maximum absolute atomic E-state index is 12.3. The summed E-state index contributed by atoms with van der Waals surface area (Å²) in [5, 5.41) is 14.8. The van der Waals surface area contributed by atoms with Crippen LogP contribution in [0.3, 0.4) is 0 Å². The van der Waals surface area contributed by atoms with Gasteiger partial charge in [0.25, 0.3) is 0 Å². The fourth-order valence-electron chi connectivity index (χ4n) is 3.13. The third kappa shape index (κ3) is 3.37. The van der Waals surface area contributed by atoms with Crippen molar-refractivity contribution in [3.05, 3.63) is 54.6 Å². The van der Waals surface area contributed by atoms with Gasteiger partial charge in [-0.15, -0.1) is 10.2 Å². The summed E-state index contributed by atoms with van der Waals surface area (Å²) in [6.07, 6.45) is 2.99. The van der Waals surface area contributed by atoms with Crippen LogP contribution in [0.5, 0.6) is 0 Å². The van der Waals surface area contributed by atoms with E-state index in [1.54, 1.807) is 0 Å². The fourth-order valence-corrected chi connectivity index (χ4v) is 4.27. The van der Waals surface area contributed by atoms with Crippen molar-refractivity contribution < 1.29 is 4.79 Å². The molecule has 0 saturated carbocycles. The highest BCUT2D eigenvalue weighted by molar-refractivity contribution is 8.00. The number of benzene rings is 2. The van der Waals surface area contributed by atoms with E-state index in [1.165, 1.54) is 11.8 Å². The largest absolute Gasteiger partial charge is 0.355 e. The molecule has 1 fully saturated rings. The summed E-state index contributed by atoms with van der Waals surface area (Å²) in [7, 11) is 0. The van der Waals surface area contributed by atoms with E-state index in [-0.39, 0.29) is 11.2 Å². The quantitative estimate of drug-likeness (QED) is 0.775. The average molecular weight is 349 g/mol. The van der Waals surface area contributed by atoms with E-state index in [9.17, 15) is 4.79 Å². The minimum absolute atomic E-state index is 0.0946. The van der Waals surface area contributed by atoms with Gasteiger partial charge in [-0.2, -0.15) is 0 Å². The standard InChI is InChI=1S/C20H19N3OS/c24-19-17(12-6-7-13-21-19)25-20-16-11-5-4-10-15(16)18(22-23-20)14-8-2-1-3-9-14/h1-5,8-11,17H,6-7,12-13H2,(H,21,24)/t17-/m1/s1. The lowest BCUT2D eigenvalue weighted by Crippen LogP contribution is -2.30. The van der Waals surface area contributed by atoms with Crippen molar-refractivity contribution in [2.75, 3.05) is 6.54 Å². The van der Waals surface area contributed by atoms with Gasteiger partial charge in [0.15, 0.2) is 0 Å². The second-order valence-electron chi connectivity index (χ2n) is 6.16. The lowest BCUT2D eigenvalue weighted by atomic mass is 10.1. The zero-order valence-electron chi connectivity index (χ0n) is 13.8. The maximum Gasteiger partial charge on any atom is 0.233 e. The molecule has 2 heterocycles. The molecule has 1 N–H and O–H groups in total. The lowest BCUT2D eigenvalue weighted by molar-refractivity contribution is -0.120. The minimum atomic E-state index is -0.0946. The Morgan fingerprint density at radius 3 is 2.52 bits per heavy atom. The Bertz CT molecular complexity index is 898. The number of fused-ring (bicyclic) bond motifs is 1. The van der Waals surface area contributed by atoms with E-state index in [4.69, 9.17) is 0 Å². The number of aromatic nitrogens is 2. The molecule has 25 heavy (non-hydrogen) atoms. The van der Waals surface area contributed by atoms with Crippen LogP contribution in [0, 0.1) is 0 Å². The molecule has 0 spiro atoms. The molecule has 1 aliphatic rings. The number of rotatable bonds is 3. The third-order valence-electron chi connectivity index (χ3n) is 4.44. The second kappa shape index (κ2) is 7.23. The summed E-state index contributed by atoms with van der Waals surface area (Å²) < 4.78 is 0. The van der Waals surface area contributed by atoms with Crippen molar-refractivity contribution in [3.8, 4) is 11.3 Å². The molecule has 3 aromatic rings. The number of nitrogens with one attached hydrogen (secondary N) is 1. The van der Waals surface area contributed by atoms with Crippen LogP contribution in [0.15, 0.2) is 59.6 Å². The number of amides is 1. The Morgan fingerprint density at radius 1 is 0.920 bits per heavy atom. The lowest BCUT2D eigenvalue weighted by Gasteiger charge is -2.14. The van der Waals surface area contributed by atoms with Gasteiger partial charge in [-0.25, -0.2) is 0 Å². The van der Waals surface area contributed by atoms with Gasteiger partial charge in [0.05, 0.1) is 5.25 Å². The van der Waals surface area contributed by atoms with Gasteiger partial charge in [0.1, 0.15) is 10.7 Å². The maximum atomic E-state index is 12.3. The van der Waals surface area contributed by atoms with E-state index < -0.39 is 0 Å². The molecule has 0 radical (unpaired) electrons. The zero-order chi connectivity index (χ0) is 17.1. The van der Waals surface area contributed by atoms with Crippen molar-refractivity contribution in [3.63, 3.8) is 0 Å². The Kier molecular flexibility index (Phi) is 4.65. The molecule has 5 heteroatoms. The number of thioether (sulfide) groups is 1. The number of hydrogen-bond donors (Lipinski definition) is 1. The van der Waals surface area contributed by atoms with Crippen LogP contribution >= 0.6 is 11.8 Å². The molecule has 0 aliphatic carbocycles. The van der Waals surface area contributed by atoms with Crippen LogP contribution in [-0.4, -0.2) is 27.9 Å². The van der Waals surface area contributed by atoms with Gasteiger partial charge < -0.3 is 5.32 Å². The molecular weight excluding hydrogens is 330 g/mol. The molecule has 4 nitrogen and oxygen atoms in total. The van der Waals surface area contributed by atoms with Gasteiger partial charge >= 0.3 is 0 Å². The van der Waals surface area contributed by atoms with Gasteiger partial charge in [0.2, 0.25) is 5.91 Å². The van der Waals surface area contributed by atoms with Crippen LogP contribution < -0.4 is 5.32 Å². The van der Waals surface area contributed by atoms with Crippen molar-refractivity contribution in [1.82, 2.24) is 15.5 Å². The van der Waals surface area contributed by atoms with E-state index in [0.717, 1.165) is 52.9 Å². The first kappa shape index (κ1) is 16.1. The minimum Gasteiger partial charge on any atom is -0.355 e. The molecule has 0 bridgehead atoms. The highest BCUT2D eigenvalue weighted by Crippen LogP contribution is 2.34.